The SMILES string of the molecule is Cl.NCCNC(=O)C1CCCN(S(=O)(=O)Cc2noc3ccccc23)C1. The lowest BCUT2D eigenvalue weighted by atomic mass is 9.99. The lowest BCUT2D eigenvalue weighted by molar-refractivity contribution is -0.126. The van der Waals surface area contributed by atoms with Gasteiger partial charge in [0.1, 0.15) is 11.4 Å². The number of nitrogens with one attached hydrogen (secondary N) is 1. The van der Waals surface area contributed by atoms with Crippen molar-refractivity contribution in [1.29, 1.82) is 0 Å². The topological polar surface area (TPSA) is 119 Å². The number of halogens is 1. The van der Waals surface area contributed by atoms with Gasteiger partial charge in [-0.2, -0.15) is 0 Å². The second kappa shape index (κ2) is 8.81. The number of hydrogen-bond acceptors (Lipinski definition) is 6. The number of nitrogens with zero attached hydrogens (tertiary/aromatic N) is 2. The van der Waals surface area contributed by atoms with Crippen LogP contribution in [0.15, 0.2) is 28.8 Å². The Morgan fingerprint density at radius 2 is 2.15 bits per heavy atom. The highest BCUT2D eigenvalue weighted by Crippen LogP contribution is 2.24. The molecule has 1 atom stereocenters. The Hall–Kier alpha value is -1.68. The van der Waals surface area contributed by atoms with Crippen molar-refractivity contribution in [2.75, 3.05) is 26.2 Å². The van der Waals surface area contributed by atoms with Gasteiger partial charge < -0.3 is 15.6 Å². The number of fused-ring (bicyclic) bond motifs is 1. The first kappa shape index (κ1) is 20.6. The van der Waals surface area contributed by atoms with Gasteiger partial charge in [-0.15, -0.1) is 12.4 Å². The summed E-state index contributed by atoms with van der Waals surface area (Å²) in [7, 11) is -3.58. The predicted octanol–water partition coefficient (Wildman–Crippen LogP) is 0.866. The van der Waals surface area contributed by atoms with Crippen molar-refractivity contribution in [3.8, 4) is 0 Å². The van der Waals surface area contributed by atoms with Gasteiger partial charge in [-0.1, -0.05) is 17.3 Å². The smallest absolute Gasteiger partial charge is 0.224 e. The number of carbonyl (C=O) groups is 1. The molecule has 144 valence electrons. The summed E-state index contributed by atoms with van der Waals surface area (Å²) in [6.07, 6.45) is 1.33. The van der Waals surface area contributed by atoms with E-state index >= 15 is 0 Å². The summed E-state index contributed by atoms with van der Waals surface area (Å²) in [6.45, 7) is 1.36. The molecule has 0 bridgehead atoms. The number of nitrogens with two attached hydrogens (primary N) is 1. The minimum absolute atomic E-state index is 0. The number of carbonyl (C=O) groups excluding carboxylic acids is 1. The van der Waals surface area contributed by atoms with Crippen LogP contribution in [0.4, 0.5) is 0 Å². The molecule has 10 heteroatoms. The highest BCUT2D eigenvalue weighted by atomic mass is 35.5. The molecule has 0 aliphatic carbocycles. The molecular formula is C16H23ClN4O4S. The van der Waals surface area contributed by atoms with E-state index in [1.807, 2.05) is 6.07 Å². The Morgan fingerprint density at radius 3 is 2.92 bits per heavy atom. The Bertz CT molecular complexity index is 855. The molecule has 3 rings (SSSR count). The molecule has 0 spiro atoms. The third kappa shape index (κ3) is 4.53. The van der Waals surface area contributed by atoms with Gasteiger partial charge in [0.2, 0.25) is 15.9 Å². The van der Waals surface area contributed by atoms with E-state index in [0.717, 1.165) is 0 Å². The predicted molar refractivity (Wildman–Crippen MR) is 100 cm³/mol. The number of aromatic nitrogens is 1. The number of benzene rings is 1. The van der Waals surface area contributed by atoms with Crippen molar-refractivity contribution < 1.29 is 17.7 Å². The zero-order valence-corrected chi connectivity index (χ0v) is 15.9. The van der Waals surface area contributed by atoms with E-state index in [1.54, 1.807) is 18.2 Å². The molecule has 26 heavy (non-hydrogen) atoms. The van der Waals surface area contributed by atoms with E-state index in [0.29, 0.717) is 49.1 Å². The monoisotopic (exact) mass is 402 g/mol. The lowest BCUT2D eigenvalue weighted by Crippen LogP contribution is -2.46. The quantitative estimate of drug-likeness (QED) is 0.739. The van der Waals surface area contributed by atoms with E-state index < -0.39 is 10.0 Å². The average molecular weight is 403 g/mol. The summed E-state index contributed by atoms with van der Waals surface area (Å²) in [6, 6.07) is 7.16. The third-order valence-electron chi connectivity index (χ3n) is 4.36. The van der Waals surface area contributed by atoms with Crippen LogP contribution in [-0.2, 0) is 20.6 Å². The molecule has 2 aromatic rings. The molecule has 1 unspecified atom stereocenters. The number of hydrogen-bond donors (Lipinski definition) is 2. The summed E-state index contributed by atoms with van der Waals surface area (Å²) in [5, 5.41) is 7.32. The first-order valence-electron chi connectivity index (χ1n) is 8.30. The van der Waals surface area contributed by atoms with Crippen LogP contribution < -0.4 is 11.1 Å². The van der Waals surface area contributed by atoms with Gasteiger partial charge in [-0.05, 0) is 25.0 Å². The molecule has 0 radical (unpaired) electrons. The van der Waals surface area contributed by atoms with E-state index in [4.69, 9.17) is 10.3 Å². The summed E-state index contributed by atoms with van der Waals surface area (Å²) < 4.78 is 32.1. The number of sulfonamides is 1. The van der Waals surface area contributed by atoms with Crippen LogP contribution in [0.5, 0.6) is 0 Å². The van der Waals surface area contributed by atoms with Gasteiger partial charge in [0, 0.05) is 31.6 Å². The molecule has 3 N–H and O–H groups in total. The average Bonchev–Trinajstić information content (AvgIpc) is 3.02. The van der Waals surface area contributed by atoms with Gasteiger partial charge >= 0.3 is 0 Å². The van der Waals surface area contributed by atoms with Crippen LogP contribution in [-0.4, -0.2) is 50.0 Å². The van der Waals surface area contributed by atoms with Gasteiger partial charge in [0.15, 0.2) is 5.58 Å². The minimum atomic E-state index is -3.58. The van der Waals surface area contributed by atoms with Crippen LogP contribution in [0, 0.1) is 5.92 Å². The number of rotatable bonds is 6. The Kier molecular flexibility index (Phi) is 6.99. The second-order valence-electron chi connectivity index (χ2n) is 6.16. The van der Waals surface area contributed by atoms with E-state index in [-0.39, 0.29) is 36.5 Å². The maximum absolute atomic E-state index is 12.8. The Balaban J connectivity index is 0.00000243. The van der Waals surface area contributed by atoms with Crippen molar-refractivity contribution in [2.45, 2.75) is 18.6 Å². The van der Waals surface area contributed by atoms with Crippen molar-refractivity contribution >= 4 is 39.3 Å². The minimum Gasteiger partial charge on any atom is -0.356 e. The van der Waals surface area contributed by atoms with Crippen LogP contribution in [0.25, 0.3) is 11.0 Å². The van der Waals surface area contributed by atoms with Gasteiger partial charge in [0.25, 0.3) is 0 Å². The molecule has 0 saturated carbocycles. The lowest BCUT2D eigenvalue weighted by Gasteiger charge is -2.31. The number of para-hydroxylation sites is 1. The number of piperidine rings is 1. The van der Waals surface area contributed by atoms with E-state index in [2.05, 4.69) is 10.5 Å². The third-order valence-corrected chi connectivity index (χ3v) is 6.12. The van der Waals surface area contributed by atoms with Crippen molar-refractivity contribution in [3.05, 3.63) is 30.0 Å². The normalized spacial score (nSPS) is 18.4. The van der Waals surface area contributed by atoms with Crippen LogP contribution in [0.1, 0.15) is 18.5 Å². The molecule has 1 amide bonds. The highest BCUT2D eigenvalue weighted by Gasteiger charge is 2.33. The standard InChI is InChI=1S/C16H22N4O4S.ClH/c17-7-8-18-16(21)12-4-3-9-20(10-12)25(22,23)11-14-13-5-1-2-6-15(13)24-19-14;/h1-2,5-6,12H,3-4,7-11,17H2,(H,18,21);1H. The van der Waals surface area contributed by atoms with E-state index in [9.17, 15) is 13.2 Å². The summed E-state index contributed by atoms with van der Waals surface area (Å²) in [4.78, 5) is 12.1. The van der Waals surface area contributed by atoms with Crippen molar-refractivity contribution in [2.24, 2.45) is 11.7 Å². The molecule has 8 nitrogen and oxygen atoms in total. The van der Waals surface area contributed by atoms with E-state index in [1.165, 1.54) is 4.31 Å². The Labute approximate surface area is 158 Å². The maximum atomic E-state index is 12.8. The highest BCUT2D eigenvalue weighted by molar-refractivity contribution is 7.88. The van der Waals surface area contributed by atoms with Gasteiger partial charge in [-0.25, -0.2) is 12.7 Å². The van der Waals surface area contributed by atoms with Crippen molar-refractivity contribution in [3.63, 3.8) is 0 Å². The molecule has 1 aliphatic rings. The largest absolute Gasteiger partial charge is 0.356 e. The molecule has 1 saturated heterocycles. The van der Waals surface area contributed by atoms with Crippen LogP contribution >= 0.6 is 12.4 Å². The molecule has 1 aliphatic heterocycles. The maximum Gasteiger partial charge on any atom is 0.224 e. The van der Waals surface area contributed by atoms with Gasteiger partial charge in [-0.3, -0.25) is 4.79 Å². The first-order valence-corrected chi connectivity index (χ1v) is 9.91. The molecule has 1 aromatic heterocycles. The molecule has 1 fully saturated rings. The fraction of sp³-hybridized carbons (Fsp3) is 0.500. The fourth-order valence-electron chi connectivity index (χ4n) is 3.06. The Morgan fingerprint density at radius 1 is 1.38 bits per heavy atom. The molecule has 2 heterocycles. The summed E-state index contributed by atoms with van der Waals surface area (Å²) in [5.41, 5.74) is 6.34. The summed E-state index contributed by atoms with van der Waals surface area (Å²) in [5.74, 6) is -0.720. The zero-order chi connectivity index (χ0) is 17.9. The zero-order valence-electron chi connectivity index (χ0n) is 14.3. The first-order chi connectivity index (χ1) is 12.0. The summed E-state index contributed by atoms with van der Waals surface area (Å²) >= 11 is 0. The fourth-order valence-corrected chi connectivity index (χ4v) is 4.61. The van der Waals surface area contributed by atoms with Crippen LogP contribution in [0.3, 0.4) is 0 Å². The number of amides is 1. The van der Waals surface area contributed by atoms with Gasteiger partial charge in [0.05, 0.1) is 5.92 Å². The second-order valence-corrected chi connectivity index (χ2v) is 8.13. The van der Waals surface area contributed by atoms with Crippen molar-refractivity contribution in [1.82, 2.24) is 14.8 Å². The molecular weight excluding hydrogens is 380 g/mol. The van der Waals surface area contributed by atoms with Crippen LogP contribution in [0.2, 0.25) is 0 Å². The molecule has 1 aromatic carbocycles.